The molecule has 0 aliphatic carbocycles. The molecule has 31 heavy (non-hydrogen) atoms. The van der Waals surface area contributed by atoms with Crippen molar-refractivity contribution < 1.29 is 17.9 Å². The lowest BCUT2D eigenvalue weighted by Gasteiger charge is -2.32. The van der Waals surface area contributed by atoms with E-state index in [1.54, 1.807) is 16.4 Å². The molecule has 6 nitrogen and oxygen atoms in total. The minimum absolute atomic E-state index is 0.000295. The normalized spacial score (nSPS) is 17.0. The fraction of sp³-hybridized carbons (Fsp3) is 0.375. The Balaban J connectivity index is 1.54. The van der Waals surface area contributed by atoms with Gasteiger partial charge in [0.05, 0.1) is 4.90 Å². The van der Waals surface area contributed by atoms with Gasteiger partial charge in [0.15, 0.2) is 0 Å². The highest BCUT2D eigenvalue weighted by molar-refractivity contribution is 7.89. The Bertz CT molecular complexity index is 1020. The molecule has 0 radical (unpaired) electrons. The maximum Gasteiger partial charge on any atom is 0.251 e. The van der Waals surface area contributed by atoms with E-state index in [2.05, 4.69) is 11.2 Å². The van der Waals surface area contributed by atoms with Crippen molar-refractivity contribution in [3.8, 4) is 18.1 Å². The number of terminal acetylenes is 1. The zero-order chi connectivity index (χ0) is 22.3. The van der Waals surface area contributed by atoms with Crippen LogP contribution < -0.4 is 10.1 Å². The van der Waals surface area contributed by atoms with Crippen LogP contribution in [0.1, 0.15) is 42.1 Å². The number of carbonyl (C=O) groups is 1. The summed E-state index contributed by atoms with van der Waals surface area (Å²) in [5, 5.41) is 2.87. The zero-order valence-corrected chi connectivity index (χ0v) is 18.5. The molecule has 164 valence electrons. The van der Waals surface area contributed by atoms with Crippen LogP contribution in [-0.2, 0) is 16.4 Å². The van der Waals surface area contributed by atoms with Gasteiger partial charge in [-0.1, -0.05) is 24.5 Å². The predicted molar refractivity (Wildman–Crippen MR) is 120 cm³/mol. The molecule has 1 saturated heterocycles. The molecule has 0 saturated carbocycles. The summed E-state index contributed by atoms with van der Waals surface area (Å²) in [4.78, 5) is 12.6. The second-order valence-corrected chi connectivity index (χ2v) is 9.52. The number of hydrogen-bond donors (Lipinski definition) is 1. The Morgan fingerprint density at radius 2 is 1.87 bits per heavy atom. The molecular formula is C24H28N2O4S. The summed E-state index contributed by atoms with van der Waals surface area (Å²) in [5.41, 5.74) is 1.49. The number of hydrogen-bond acceptors (Lipinski definition) is 4. The molecule has 1 amide bonds. The maximum atomic E-state index is 12.9. The number of nitrogens with one attached hydrogen (secondary N) is 1. The molecule has 0 aromatic heterocycles. The van der Waals surface area contributed by atoms with Crippen LogP contribution in [0, 0.1) is 12.3 Å². The highest BCUT2D eigenvalue weighted by atomic mass is 32.2. The molecular weight excluding hydrogens is 412 g/mol. The van der Waals surface area contributed by atoms with Crippen LogP contribution in [0.4, 0.5) is 0 Å². The van der Waals surface area contributed by atoms with Gasteiger partial charge in [0.1, 0.15) is 12.4 Å². The van der Waals surface area contributed by atoms with Crippen LogP contribution in [0.5, 0.6) is 5.75 Å². The van der Waals surface area contributed by atoms with Crippen LogP contribution in [0.2, 0.25) is 0 Å². The van der Waals surface area contributed by atoms with E-state index in [-0.39, 0.29) is 23.5 Å². The molecule has 1 fully saturated rings. The number of benzene rings is 2. The molecule has 0 spiro atoms. The first kappa shape index (κ1) is 22.9. The number of ether oxygens (including phenoxy) is 1. The quantitative estimate of drug-likeness (QED) is 0.640. The summed E-state index contributed by atoms with van der Waals surface area (Å²) in [7, 11) is -3.54. The van der Waals surface area contributed by atoms with Crippen molar-refractivity contribution in [1.29, 1.82) is 0 Å². The van der Waals surface area contributed by atoms with E-state index < -0.39 is 10.0 Å². The summed E-state index contributed by atoms with van der Waals surface area (Å²) in [6.07, 6.45) is 8.64. The highest BCUT2D eigenvalue weighted by Crippen LogP contribution is 2.25. The number of rotatable bonds is 8. The first-order chi connectivity index (χ1) is 14.9. The molecule has 3 rings (SSSR count). The number of piperidine rings is 1. The molecule has 0 bridgehead atoms. The largest absolute Gasteiger partial charge is 0.481 e. The van der Waals surface area contributed by atoms with Crippen molar-refractivity contribution in [2.45, 2.75) is 43.5 Å². The SMILES string of the molecule is C#CCOc1ccc(CCNC(=O)c2ccc(S(=O)(=O)N3CCCCC3C)cc2)cc1. The van der Waals surface area contributed by atoms with Gasteiger partial charge in [-0.25, -0.2) is 8.42 Å². The lowest BCUT2D eigenvalue weighted by atomic mass is 10.1. The fourth-order valence-electron chi connectivity index (χ4n) is 3.64. The van der Waals surface area contributed by atoms with Gasteiger partial charge in [0.25, 0.3) is 5.91 Å². The molecule has 1 unspecified atom stereocenters. The van der Waals surface area contributed by atoms with Crippen molar-refractivity contribution in [3.05, 3.63) is 59.7 Å². The summed E-state index contributed by atoms with van der Waals surface area (Å²) in [6.45, 7) is 3.18. The molecule has 1 heterocycles. The average molecular weight is 441 g/mol. The standard InChI is InChI=1S/C24H28N2O4S/c1-3-18-30-22-11-7-20(8-12-22)15-16-25-24(27)21-9-13-23(14-10-21)31(28,29)26-17-5-4-6-19(26)2/h1,7-14,19H,4-6,15-18H2,2H3,(H,25,27). The summed E-state index contributed by atoms with van der Waals surface area (Å²) in [6, 6.07) is 13.7. The van der Waals surface area contributed by atoms with Gasteiger partial charge in [0.2, 0.25) is 10.0 Å². The van der Waals surface area contributed by atoms with Gasteiger partial charge < -0.3 is 10.1 Å². The van der Waals surface area contributed by atoms with Crippen LogP contribution in [0.3, 0.4) is 0 Å². The second kappa shape index (κ2) is 10.5. The Labute approximate surface area is 184 Å². The van der Waals surface area contributed by atoms with Crippen LogP contribution in [-0.4, -0.2) is 44.4 Å². The van der Waals surface area contributed by atoms with E-state index in [4.69, 9.17) is 11.2 Å². The van der Waals surface area contributed by atoms with Crippen molar-refractivity contribution in [2.75, 3.05) is 19.7 Å². The fourth-order valence-corrected chi connectivity index (χ4v) is 5.34. The van der Waals surface area contributed by atoms with Gasteiger partial charge in [-0.3, -0.25) is 4.79 Å². The van der Waals surface area contributed by atoms with Crippen molar-refractivity contribution >= 4 is 15.9 Å². The molecule has 2 aromatic rings. The molecule has 1 N–H and O–H groups in total. The van der Waals surface area contributed by atoms with Gasteiger partial charge in [-0.05, 0) is 68.1 Å². The van der Waals surface area contributed by atoms with Crippen LogP contribution in [0.15, 0.2) is 53.4 Å². The van der Waals surface area contributed by atoms with E-state index in [0.717, 1.165) is 24.8 Å². The number of sulfonamides is 1. The zero-order valence-electron chi connectivity index (χ0n) is 17.7. The third-order valence-electron chi connectivity index (χ3n) is 5.41. The van der Waals surface area contributed by atoms with Gasteiger partial charge in [-0.2, -0.15) is 4.31 Å². The summed E-state index contributed by atoms with van der Waals surface area (Å²) < 4.78 is 32.7. The Hall–Kier alpha value is -2.82. The maximum absolute atomic E-state index is 12.9. The summed E-state index contributed by atoms with van der Waals surface area (Å²) in [5.74, 6) is 2.89. The highest BCUT2D eigenvalue weighted by Gasteiger charge is 2.30. The molecule has 1 atom stereocenters. The first-order valence-corrected chi connectivity index (χ1v) is 11.9. The molecule has 1 aliphatic heterocycles. The van der Waals surface area contributed by atoms with E-state index in [0.29, 0.717) is 30.8 Å². The first-order valence-electron chi connectivity index (χ1n) is 10.5. The van der Waals surface area contributed by atoms with E-state index >= 15 is 0 Å². The van der Waals surface area contributed by atoms with E-state index in [9.17, 15) is 13.2 Å². The molecule has 1 aliphatic rings. The Morgan fingerprint density at radius 3 is 2.52 bits per heavy atom. The Morgan fingerprint density at radius 1 is 1.16 bits per heavy atom. The van der Waals surface area contributed by atoms with Gasteiger partial charge >= 0.3 is 0 Å². The average Bonchev–Trinajstić information content (AvgIpc) is 2.78. The van der Waals surface area contributed by atoms with Gasteiger partial charge in [0, 0.05) is 24.7 Å². The monoisotopic (exact) mass is 440 g/mol. The lowest BCUT2D eigenvalue weighted by molar-refractivity contribution is 0.0954. The second-order valence-electron chi connectivity index (χ2n) is 7.63. The minimum atomic E-state index is -3.54. The Kier molecular flexibility index (Phi) is 7.72. The third-order valence-corrected chi connectivity index (χ3v) is 7.44. The van der Waals surface area contributed by atoms with E-state index in [1.807, 2.05) is 31.2 Å². The van der Waals surface area contributed by atoms with Crippen molar-refractivity contribution in [1.82, 2.24) is 9.62 Å². The van der Waals surface area contributed by atoms with Crippen LogP contribution >= 0.6 is 0 Å². The molecule has 2 aromatic carbocycles. The topological polar surface area (TPSA) is 75.7 Å². The number of nitrogens with zero attached hydrogens (tertiary/aromatic N) is 1. The predicted octanol–water partition coefficient (Wildman–Crippen LogP) is 3.23. The van der Waals surface area contributed by atoms with Gasteiger partial charge in [-0.15, -0.1) is 6.42 Å². The van der Waals surface area contributed by atoms with Crippen LogP contribution in [0.25, 0.3) is 0 Å². The van der Waals surface area contributed by atoms with Crippen molar-refractivity contribution in [2.24, 2.45) is 0 Å². The summed E-state index contributed by atoms with van der Waals surface area (Å²) >= 11 is 0. The molecule has 7 heteroatoms. The number of amides is 1. The number of carbonyl (C=O) groups excluding carboxylic acids is 1. The minimum Gasteiger partial charge on any atom is -0.481 e. The lowest BCUT2D eigenvalue weighted by Crippen LogP contribution is -2.41. The smallest absolute Gasteiger partial charge is 0.251 e. The third kappa shape index (κ3) is 5.87. The van der Waals surface area contributed by atoms with Crippen molar-refractivity contribution in [3.63, 3.8) is 0 Å². The van der Waals surface area contributed by atoms with E-state index in [1.165, 1.54) is 12.1 Å².